The van der Waals surface area contributed by atoms with Gasteiger partial charge in [-0.2, -0.15) is 13.2 Å². The molecule has 1 aliphatic heterocycles. The summed E-state index contributed by atoms with van der Waals surface area (Å²) < 4.78 is 51.3. The molecule has 0 unspecified atom stereocenters. The number of hydrogen-bond acceptors (Lipinski definition) is 2. The Morgan fingerprint density at radius 3 is 2.40 bits per heavy atom. The van der Waals surface area contributed by atoms with Crippen molar-refractivity contribution in [1.82, 2.24) is 10.2 Å². The third-order valence-corrected chi connectivity index (χ3v) is 3.66. The molecule has 1 aromatic carbocycles. The maximum absolute atomic E-state index is 13.7. The van der Waals surface area contributed by atoms with Crippen molar-refractivity contribution in [2.75, 3.05) is 26.2 Å². The van der Waals surface area contributed by atoms with E-state index in [4.69, 9.17) is 0 Å². The molecule has 1 fully saturated rings. The average molecular weight is 290 g/mol. The summed E-state index contributed by atoms with van der Waals surface area (Å²) in [6, 6.07) is 3.23. The zero-order valence-corrected chi connectivity index (χ0v) is 11.3. The molecular weight excluding hydrogens is 272 g/mol. The second-order valence-electron chi connectivity index (χ2n) is 4.95. The van der Waals surface area contributed by atoms with Crippen molar-refractivity contribution in [1.29, 1.82) is 0 Å². The molecule has 0 radical (unpaired) electrons. The number of benzene rings is 1. The highest BCUT2D eigenvalue weighted by molar-refractivity contribution is 5.28. The summed E-state index contributed by atoms with van der Waals surface area (Å²) in [5.41, 5.74) is -0.587. The lowest BCUT2D eigenvalue weighted by atomic mass is 10.00. The van der Waals surface area contributed by atoms with Crippen molar-refractivity contribution in [2.24, 2.45) is 0 Å². The van der Waals surface area contributed by atoms with Crippen molar-refractivity contribution >= 4 is 0 Å². The van der Waals surface area contributed by atoms with Gasteiger partial charge in [0.25, 0.3) is 0 Å². The summed E-state index contributed by atoms with van der Waals surface area (Å²) in [6.45, 7) is 5.30. The first kappa shape index (κ1) is 15.3. The number of rotatable bonds is 3. The minimum Gasteiger partial charge on any atom is -0.314 e. The molecule has 0 spiro atoms. The summed E-state index contributed by atoms with van der Waals surface area (Å²) in [4.78, 5) is 2.18. The molecule has 1 atom stereocenters. The lowest BCUT2D eigenvalue weighted by Crippen LogP contribution is -2.45. The molecule has 0 aliphatic carbocycles. The van der Waals surface area contributed by atoms with Crippen molar-refractivity contribution in [3.05, 3.63) is 35.1 Å². The van der Waals surface area contributed by atoms with E-state index in [0.717, 1.165) is 44.7 Å². The van der Waals surface area contributed by atoms with Gasteiger partial charge in [-0.05, 0) is 24.1 Å². The molecule has 6 heteroatoms. The van der Waals surface area contributed by atoms with Crippen LogP contribution in [0.2, 0.25) is 0 Å². The topological polar surface area (TPSA) is 15.3 Å². The Morgan fingerprint density at radius 1 is 1.25 bits per heavy atom. The van der Waals surface area contributed by atoms with Crippen LogP contribution >= 0.6 is 0 Å². The third-order valence-electron chi connectivity index (χ3n) is 3.66. The zero-order valence-electron chi connectivity index (χ0n) is 11.3. The standard InChI is InChI=1S/C14H18F4N2/c1-2-13(20-7-5-19-6-8-20)10-3-4-11(12(15)9-10)14(16,17)18/h3-4,9,13,19H,2,5-8H2,1H3/t13-/m0/s1. The summed E-state index contributed by atoms with van der Waals surface area (Å²) in [5, 5.41) is 3.22. The van der Waals surface area contributed by atoms with E-state index >= 15 is 0 Å². The SMILES string of the molecule is CC[C@@H](c1ccc(C(F)(F)F)c(F)c1)N1CCNCC1. The molecule has 1 saturated heterocycles. The summed E-state index contributed by atoms with van der Waals surface area (Å²) in [7, 11) is 0. The molecule has 0 amide bonds. The number of nitrogens with one attached hydrogen (secondary N) is 1. The fourth-order valence-corrected chi connectivity index (χ4v) is 2.67. The fraction of sp³-hybridized carbons (Fsp3) is 0.571. The van der Waals surface area contributed by atoms with Crippen LogP contribution in [0.25, 0.3) is 0 Å². The lowest BCUT2D eigenvalue weighted by Gasteiger charge is -2.34. The summed E-state index contributed by atoms with van der Waals surface area (Å²) in [5.74, 6) is -1.19. The Morgan fingerprint density at radius 2 is 1.90 bits per heavy atom. The van der Waals surface area contributed by atoms with Crippen LogP contribution in [-0.2, 0) is 6.18 Å². The predicted octanol–water partition coefficient (Wildman–Crippen LogP) is 3.20. The second kappa shape index (κ2) is 6.10. The highest BCUT2D eigenvalue weighted by atomic mass is 19.4. The van der Waals surface area contributed by atoms with E-state index in [9.17, 15) is 17.6 Å². The van der Waals surface area contributed by atoms with Crippen molar-refractivity contribution in [3.8, 4) is 0 Å². The summed E-state index contributed by atoms with van der Waals surface area (Å²) >= 11 is 0. The molecule has 1 N–H and O–H groups in total. The fourth-order valence-electron chi connectivity index (χ4n) is 2.67. The van der Waals surface area contributed by atoms with E-state index in [1.54, 1.807) is 0 Å². The lowest BCUT2D eigenvalue weighted by molar-refractivity contribution is -0.140. The zero-order chi connectivity index (χ0) is 14.8. The Balaban J connectivity index is 2.24. The van der Waals surface area contributed by atoms with Gasteiger partial charge in [0, 0.05) is 32.2 Å². The van der Waals surface area contributed by atoms with E-state index in [1.165, 1.54) is 6.07 Å². The molecule has 1 aliphatic rings. The number of hydrogen-bond donors (Lipinski definition) is 1. The van der Waals surface area contributed by atoms with Crippen LogP contribution in [0.5, 0.6) is 0 Å². The van der Waals surface area contributed by atoms with Gasteiger partial charge in [-0.1, -0.05) is 13.0 Å². The van der Waals surface area contributed by atoms with Crippen molar-refractivity contribution in [2.45, 2.75) is 25.6 Å². The van der Waals surface area contributed by atoms with Gasteiger partial charge in [-0.15, -0.1) is 0 Å². The smallest absolute Gasteiger partial charge is 0.314 e. The molecule has 112 valence electrons. The van der Waals surface area contributed by atoms with Gasteiger partial charge in [0.15, 0.2) is 0 Å². The van der Waals surface area contributed by atoms with Crippen LogP contribution in [-0.4, -0.2) is 31.1 Å². The molecule has 0 bridgehead atoms. The van der Waals surface area contributed by atoms with E-state index in [2.05, 4.69) is 10.2 Å². The number of alkyl halides is 3. The maximum atomic E-state index is 13.7. The molecule has 0 saturated carbocycles. The Labute approximate surface area is 115 Å². The van der Waals surface area contributed by atoms with Gasteiger partial charge >= 0.3 is 6.18 Å². The minimum absolute atomic E-state index is 0.0334. The Hall–Kier alpha value is -1.14. The van der Waals surface area contributed by atoms with Gasteiger partial charge in [0.05, 0.1) is 5.56 Å². The van der Waals surface area contributed by atoms with Crippen LogP contribution < -0.4 is 5.32 Å². The minimum atomic E-state index is -4.64. The van der Waals surface area contributed by atoms with E-state index < -0.39 is 17.6 Å². The van der Waals surface area contributed by atoms with Crippen LogP contribution in [0.15, 0.2) is 18.2 Å². The summed E-state index contributed by atoms with van der Waals surface area (Å²) in [6.07, 6.45) is -3.90. The van der Waals surface area contributed by atoms with Gasteiger partial charge in [-0.25, -0.2) is 4.39 Å². The highest BCUT2D eigenvalue weighted by Gasteiger charge is 2.34. The normalized spacial score (nSPS) is 19.1. The second-order valence-corrected chi connectivity index (χ2v) is 4.95. The van der Waals surface area contributed by atoms with Crippen molar-refractivity contribution < 1.29 is 17.6 Å². The van der Waals surface area contributed by atoms with Crippen LogP contribution in [0.1, 0.15) is 30.5 Å². The molecule has 2 rings (SSSR count). The van der Waals surface area contributed by atoms with Crippen LogP contribution in [0.4, 0.5) is 17.6 Å². The van der Waals surface area contributed by atoms with Crippen LogP contribution in [0, 0.1) is 5.82 Å². The first-order valence-corrected chi connectivity index (χ1v) is 6.75. The number of nitrogens with zero attached hydrogens (tertiary/aromatic N) is 1. The third kappa shape index (κ3) is 3.30. The average Bonchev–Trinajstić information content (AvgIpc) is 2.39. The quantitative estimate of drug-likeness (QED) is 0.860. The Bertz CT molecular complexity index is 453. The monoisotopic (exact) mass is 290 g/mol. The van der Waals surface area contributed by atoms with Gasteiger partial charge in [0.2, 0.25) is 0 Å². The molecular formula is C14H18F4N2. The molecule has 1 heterocycles. The first-order valence-electron chi connectivity index (χ1n) is 6.75. The van der Waals surface area contributed by atoms with E-state index in [0.29, 0.717) is 5.56 Å². The molecule has 0 aromatic heterocycles. The van der Waals surface area contributed by atoms with E-state index in [-0.39, 0.29) is 6.04 Å². The molecule has 1 aromatic rings. The maximum Gasteiger partial charge on any atom is 0.419 e. The number of piperazine rings is 1. The molecule has 20 heavy (non-hydrogen) atoms. The van der Waals surface area contributed by atoms with E-state index in [1.807, 2.05) is 6.92 Å². The van der Waals surface area contributed by atoms with Gasteiger partial charge in [0.1, 0.15) is 5.82 Å². The first-order chi connectivity index (χ1) is 9.43. The Kier molecular flexibility index (Phi) is 4.65. The predicted molar refractivity (Wildman–Crippen MR) is 68.9 cm³/mol. The van der Waals surface area contributed by atoms with Gasteiger partial charge in [-0.3, -0.25) is 4.90 Å². The molecule has 2 nitrogen and oxygen atoms in total. The van der Waals surface area contributed by atoms with Crippen LogP contribution in [0.3, 0.4) is 0 Å². The van der Waals surface area contributed by atoms with Crippen molar-refractivity contribution in [3.63, 3.8) is 0 Å². The van der Waals surface area contributed by atoms with Gasteiger partial charge < -0.3 is 5.32 Å². The largest absolute Gasteiger partial charge is 0.419 e. The highest BCUT2D eigenvalue weighted by Crippen LogP contribution is 2.34. The number of halogens is 4.